The first-order valence-electron chi connectivity index (χ1n) is 14.2. The number of pyridine rings is 1. The van der Waals surface area contributed by atoms with E-state index >= 15 is 0 Å². The second kappa shape index (κ2) is 11.5. The van der Waals surface area contributed by atoms with E-state index in [1.807, 2.05) is 10.2 Å². The summed E-state index contributed by atoms with van der Waals surface area (Å²) in [6.45, 7) is 8.23. The summed E-state index contributed by atoms with van der Waals surface area (Å²) in [5, 5.41) is 4.70. The third-order valence-electron chi connectivity index (χ3n) is 7.80. The summed E-state index contributed by atoms with van der Waals surface area (Å²) in [4.78, 5) is 42.7. The van der Waals surface area contributed by atoms with Crippen LogP contribution in [0.1, 0.15) is 69.2 Å². The van der Waals surface area contributed by atoms with E-state index in [4.69, 9.17) is 9.47 Å². The highest BCUT2D eigenvalue weighted by Gasteiger charge is 2.41. The van der Waals surface area contributed by atoms with Gasteiger partial charge in [0.1, 0.15) is 29.9 Å². The molecule has 0 aliphatic carbocycles. The number of nitrogens with zero attached hydrogens (tertiary/aromatic N) is 5. The highest BCUT2D eigenvalue weighted by molar-refractivity contribution is 6.04. The van der Waals surface area contributed by atoms with Crippen molar-refractivity contribution in [2.24, 2.45) is 0 Å². The number of amides is 3. The molecule has 0 saturated carbocycles. The number of hydrogen-bond acceptors (Lipinski definition) is 8. The summed E-state index contributed by atoms with van der Waals surface area (Å²) < 4.78 is 51.3. The Morgan fingerprint density at radius 2 is 2.02 bits per heavy atom. The first-order valence-corrected chi connectivity index (χ1v) is 14.2. The van der Waals surface area contributed by atoms with Crippen LogP contribution in [0.4, 0.5) is 35.3 Å². The van der Waals surface area contributed by atoms with Crippen LogP contribution < -0.4 is 25.2 Å². The van der Waals surface area contributed by atoms with Gasteiger partial charge < -0.3 is 19.7 Å². The standard InChI is InChI=1S/C28H36F3N7O4/c1-16-22-24(36-23(33-16)25(39)34-17(2)28(29,30)31)38(18-7-6-12-37(22)14-18)26(40)35-21-13-19(9-11-32-21)41-15-20-8-5-10-27(3,4)42-20/h9,11,13,17-18,20H,5-8,10,12,14-15H2,1-4H3,(H,34,39)(H,32,35,40)/t17-,18+,20-/m1/s1. The number of aromatic nitrogens is 3. The van der Waals surface area contributed by atoms with E-state index in [-0.39, 0.29) is 29.4 Å². The first kappa shape index (κ1) is 29.8. The van der Waals surface area contributed by atoms with Gasteiger partial charge in [-0.15, -0.1) is 0 Å². The van der Waals surface area contributed by atoms with E-state index in [0.717, 1.165) is 32.6 Å². The molecule has 42 heavy (non-hydrogen) atoms. The van der Waals surface area contributed by atoms with Gasteiger partial charge in [0.15, 0.2) is 5.82 Å². The normalized spacial score (nSPS) is 22.2. The van der Waals surface area contributed by atoms with Gasteiger partial charge in [0.2, 0.25) is 5.82 Å². The average Bonchev–Trinajstić information content (AvgIpc) is 2.91. The van der Waals surface area contributed by atoms with Gasteiger partial charge in [-0.25, -0.2) is 19.7 Å². The number of anilines is 3. The molecule has 14 heteroatoms. The first-order chi connectivity index (χ1) is 19.8. The predicted molar refractivity (Wildman–Crippen MR) is 149 cm³/mol. The van der Waals surface area contributed by atoms with Gasteiger partial charge in [-0.2, -0.15) is 13.2 Å². The van der Waals surface area contributed by atoms with E-state index in [1.165, 1.54) is 11.1 Å². The van der Waals surface area contributed by atoms with Crippen molar-refractivity contribution in [2.75, 3.05) is 34.8 Å². The zero-order valence-corrected chi connectivity index (χ0v) is 24.1. The van der Waals surface area contributed by atoms with Gasteiger partial charge in [0, 0.05) is 25.4 Å². The molecular formula is C28H36F3N7O4. The number of carbonyl (C=O) groups is 2. The Labute approximate surface area is 242 Å². The van der Waals surface area contributed by atoms with Gasteiger partial charge in [0.05, 0.1) is 23.4 Å². The molecular weight excluding hydrogens is 555 g/mol. The van der Waals surface area contributed by atoms with E-state index in [0.29, 0.717) is 43.2 Å². The molecule has 3 amide bonds. The minimum atomic E-state index is -4.63. The molecule has 0 spiro atoms. The topological polar surface area (TPSA) is 122 Å². The molecule has 2 saturated heterocycles. The van der Waals surface area contributed by atoms with Gasteiger partial charge in [-0.05, 0) is 65.9 Å². The number of nitrogens with one attached hydrogen (secondary N) is 2. The van der Waals surface area contributed by atoms with Crippen molar-refractivity contribution >= 4 is 29.3 Å². The van der Waals surface area contributed by atoms with Crippen LogP contribution in [0.25, 0.3) is 0 Å². The number of aryl methyl sites for hydroxylation is 1. The Kier molecular flexibility index (Phi) is 8.19. The van der Waals surface area contributed by atoms with Crippen LogP contribution >= 0.6 is 0 Å². The van der Waals surface area contributed by atoms with Gasteiger partial charge >= 0.3 is 12.2 Å². The maximum Gasteiger partial charge on any atom is 0.408 e. The molecule has 0 aromatic carbocycles. The molecule has 2 aromatic heterocycles. The molecule has 2 N–H and O–H groups in total. The van der Waals surface area contributed by atoms with Crippen LogP contribution in [0.3, 0.4) is 0 Å². The van der Waals surface area contributed by atoms with Crippen molar-refractivity contribution in [3.05, 3.63) is 29.8 Å². The fourth-order valence-electron chi connectivity index (χ4n) is 5.71. The third-order valence-corrected chi connectivity index (χ3v) is 7.80. The second-order valence-electron chi connectivity index (χ2n) is 11.7. The Bertz CT molecular complexity index is 1340. The lowest BCUT2D eigenvalue weighted by Crippen LogP contribution is -2.56. The lowest BCUT2D eigenvalue weighted by molar-refractivity contribution is -0.149. The fourth-order valence-corrected chi connectivity index (χ4v) is 5.71. The Balaban J connectivity index is 1.35. The molecule has 5 heterocycles. The van der Waals surface area contributed by atoms with Crippen LogP contribution in [-0.2, 0) is 4.74 Å². The smallest absolute Gasteiger partial charge is 0.408 e. The predicted octanol–water partition coefficient (Wildman–Crippen LogP) is 4.61. The summed E-state index contributed by atoms with van der Waals surface area (Å²) >= 11 is 0. The largest absolute Gasteiger partial charge is 0.491 e. The molecule has 3 aliphatic rings. The van der Waals surface area contributed by atoms with Gasteiger partial charge in [-0.1, -0.05) is 0 Å². The van der Waals surface area contributed by atoms with Crippen LogP contribution in [-0.4, -0.2) is 76.6 Å². The number of alkyl halides is 3. The summed E-state index contributed by atoms with van der Waals surface area (Å²) in [7, 11) is 0. The Hall–Kier alpha value is -3.68. The number of carbonyl (C=O) groups excluding carboxylic acids is 2. The summed E-state index contributed by atoms with van der Waals surface area (Å²) in [5.41, 5.74) is 0.772. The Morgan fingerprint density at radius 3 is 2.76 bits per heavy atom. The maximum atomic E-state index is 13.7. The third kappa shape index (κ3) is 6.53. The molecule has 3 atom stereocenters. The number of ether oxygens (including phenoxy) is 2. The number of halogens is 3. The molecule has 2 bridgehead atoms. The lowest BCUT2D eigenvalue weighted by Gasteiger charge is -2.46. The lowest BCUT2D eigenvalue weighted by atomic mass is 9.95. The van der Waals surface area contributed by atoms with Crippen molar-refractivity contribution in [2.45, 2.75) is 89.8 Å². The number of hydrogen-bond donors (Lipinski definition) is 2. The molecule has 2 aromatic rings. The number of piperidine rings is 1. The summed E-state index contributed by atoms with van der Waals surface area (Å²) in [6.07, 6.45) is 1.33. The molecule has 228 valence electrons. The van der Waals surface area contributed by atoms with Crippen molar-refractivity contribution in [3.8, 4) is 5.75 Å². The van der Waals surface area contributed by atoms with Crippen LogP contribution in [0.2, 0.25) is 0 Å². The minimum absolute atomic E-state index is 0.0347. The second-order valence-corrected chi connectivity index (χ2v) is 11.7. The van der Waals surface area contributed by atoms with E-state index in [9.17, 15) is 22.8 Å². The zero-order chi connectivity index (χ0) is 30.2. The van der Waals surface area contributed by atoms with Crippen molar-refractivity contribution in [1.29, 1.82) is 0 Å². The van der Waals surface area contributed by atoms with Gasteiger partial charge in [-0.3, -0.25) is 15.0 Å². The van der Waals surface area contributed by atoms with Crippen LogP contribution in [0.5, 0.6) is 5.75 Å². The van der Waals surface area contributed by atoms with E-state index in [1.54, 1.807) is 19.1 Å². The number of fused-ring (bicyclic) bond motifs is 4. The molecule has 5 rings (SSSR count). The van der Waals surface area contributed by atoms with Crippen LogP contribution in [0, 0.1) is 6.92 Å². The highest BCUT2D eigenvalue weighted by Crippen LogP contribution is 2.40. The highest BCUT2D eigenvalue weighted by atomic mass is 19.4. The zero-order valence-electron chi connectivity index (χ0n) is 24.1. The Morgan fingerprint density at radius 1 is 1.24 bits per heavy atom. The molecule has 2 fully saturated rings. The average molecular weight is 592 g/mol. The molecule has 0 radical (unpaired) electrons. The minimum Gasteiger partial charge on any atom is -0.491 e. The van der Waals surface area contributed by atoms with Gasteiger partial charge in [0.25, 0.3) is 5.91 Å². The van der Waals surface area contributed by atoms with E-state index < -0.39 is 30.0 Å². The summed E-state index contributed by atoms with van der Waals surface area (Å²) in [5.74, 6) is -0.571. The van der Waals surface area contributed by atoms with Crippen molar-refractivity contribution in [3.63, 3.8) is 0 Å². The molecule has 0 unspecified atom stereocenters. The van der Waals surface area contributed by atoms with Crippen molar-refractivity contribution < 1.29 is 32.2 Å². The molecule has 3 aliphatic heterocycles. The maximum absolute atomic E-state index is 13.7. The SMILES string of the molecule is Cc1nc(C(=O)N[C@H](C)C(F)(F)F)nc2c1N1CCC[C@@H](C1)N2C(=O)Nc1cc(OC[C@H]2CCCC(C)(C)O2)ccn1. The number of rotatable bonds is 6. The van der Waals surface area contributed by atoms with E-state index in [2.05, 4.69) is 34.1 Å². The van der Waals surface area contributed by atoms with Crippen molar-refractivity contribution in [1.82, 2.24) is 20.3 Å². The quantitative estimate of drug-likeness (QED) is 0.500. The monoisotopic (exact) mass is 591 g/mol. The fraction of sp³-hybridized carbons (Fsp3) is 0.607. The number of urea groups is 1. The molecule has 11 nitrogen and oxygen atoms in total. The van der Waals surface area contributed by atoms with Crippen LogP contribution in [0.15, 0.2) is 18.3 Å². The summed E-state index contributed by atoms with van der Waals surface area (Å²) in [6, 6.07) is 0.424.